The number of rotatable bonds is 4. The van der Waals surface area contributed by atoms with Crippen LogP contribution in [-0.4, -0.2) is 23.9 Å². The van der Waals surface area contributed by atoms with E-state index < -0.39 is 17.7 Å². The fourth-order valence-corrected chi connectivity index (χ4v) is 3.62. The highest BCUT2D eigenvalue weighted by atomic mass is 16.5. The summed E-state index contributed by atoms with van der Waals surface area (Å²) >= 11 is 0. The van der Waals surface area contributed by atoms with Crippen molar-refractivity contribution >= 4 is 23.1 Å². The number of aryl methyl sites for hydroxylation is 1. The molecule has 1 N–H and O–H groups in total. The van der Waals surface area contributed by atoms with Gasteiger partial charge in [-0.25, -0.2) is 0 Å². The molecule has 1 aliphatic heterocycles. The number of carbonyl (C=O) groups is 2. The lowest BCUT2D eigenvalue weighted by atomic mass is 9.98. The first-order chi connectivity index (χ1) is 14.0. The molecule has 0 spiro atoms. The Balaban J connectivity index is 1.97. The molecule has 146 valence electrons. The molecule has 29 heavy (non-hydrogen) atoms. The van der Waals surface area contributed by atoms with Crippen LogP contribution in [0.15, 0.2) is 76.9 Å². The fourth-order valence-electron chi connectivity index (χ4n) is 3.62. The van der Waals surface area contributed by atoms with Crippen molar-refractivity contribution in [1.82, 2.24) is 0 Å². The number of furan rings is 1. The summed E-state index contributed by atoms with van der Waals surface area (Å²) in [7, 11) is 1.47. The minimum Gasteiger partial charge on any atom is -0.507 e. The quantitative estimate of drug-likeness (QED) is 0.410. The van der Waals surface area contributed by atoms with Gasteiger partial charge in [-0.3, -0.25) is 14.5 Å². The van der Waals surface area contributed by atoms with Gasteiger partial charge in [0.15, 0.2) is 0 Å². The Morgan fingerprint density at radius 2 is 1.76 bits per heavy atom. The lowest BCUT2D eigenvalue weighted by Gasteiger charge is -2.25. The molecule has 4 rings (SSSR count). The topological polar surface area (TPSA) is 80.0 Å². The Bertz CT molecular complexity index is 1110. The van der Waals surface area contributed by atoms with E-state index in [0.29, 0.717) is 22.8 Å². The number of anilines is 1. The summed E-state index contributed by atoms with van der Waals surface area (Å²) in [6.45, 7) is 1.86. The van der Waals surface area contributed by atoms with Gasteiger partial charge < -0.3 is 14.3 Å². The third kappa shape index (κ3) is 2.99. The van der Waals surface area contributed by atoms with Crippen molar-refractivity contribution in [3.63, 3.8) is 0 Å². The molecule has 1 unspecified atom stereocenters. The second-order valence-corrected chi connectivity index (χ2v) is 6.67. The summed E-state index contributed by atoms with van der Waals surface area (Å²) in [6, 6.07) is 16.5. The monoisotopic (exact) mass is 389 g/mol. The molecule has 1 aliphatic rings. The lowest BCUT2D eigenvalue weighted by Crippen LogP contribution is -2.29. The number of hydrogen-bond acceptors (Lipinski definition) is 5. The van der Waals surface area contributed by atoms with Crippen molar-refractivity contribution in [2.75, 3.05) is 12.0 Å². The van der Waals surface area contributed by atoms with Crippen LogP contribution in [0.5, 0.6) is 5.75 Å². The minimum absolute atomic E-state index is 0.0438. The van der Waals surface area contributed by atoms with Crippen molar-refractivity contribution in [3.8, 4) is 5.75 Å². The van der Waals surface area contributed by atoms with Crippen LogP contribution < -0.4 is 9.64 Å². The maximum atomic E-state index is 13.0. The van der Waals surface area contributed by atoms with Crippen LogP contribution in [0.2, 0.25) is 0 Å². The summed E-state index contributed by atoms with van der Waals surface area (Å²) in [6.07, 6.45) is 1.47. The van der Waals surface area contributed by atoms with Crippen molar-refractivity contribution in [2.45, 2.75) is 13.0 Å². The number of aliphatic hydroxyl groups is 1. The van der Waals surface area contributed by atoms with Crippen molar-refractivity contribution < 1.29 is 23.8 Å². The molecule has 1 atom stereocenters. The average Bonchev–Trinajstić information content (AvgIpc) is 3.35. The SMILES string of the molecule is COc1ccccc1/C(O)=C1/C(=O)C(=O)N(c2ccccc2C)C1c1ccco1. The van der Waals surface area contributed by atoms with Gasteiger partial charge in [-0.05, 0) is 42.8 Å². The number of benzene rings is 2. The first kappa shape index (κ1) is 18.6. The van der Waals surface area contributed by atoms with Crippen LogP contribution in [0, 0.1) is 6.92 Å². The van der Waals surface area contributed by atoms with Crippen LogP contribution in [0.4, 0.5) is 5.69 Å². The van der Waals surface area contributed by atoms with E-state index in [0.717, 1.165) is 5.56 Å². The maximum Gasteiger partial charge on any atom is 0.300 e. The third-order valence-corrected chi connectivity index (χ3v) is 4.99. The Labute approximate surface area is 167 Å². The molecule has 0 radical (unpaired) electrons. The zero-order chi connectivity index (χ0) is 20.5. The zero-order valence-corrected chi connectivity index (χ0v) is 16.0. The molecule has 2 aromatic carbocycles. The van der Waals surface area contributed by atoms with Crippen LogP contribution >= 0.6 is 0 Å². The Morgan fingerprint density at radius 1 is 1.03 bits per heavy atom. The number of methoxy groups -OCH3 is 1. The van der Waals surface area contributed by atoms with Gasteiger partial charge in [0.25, 0.3) is 11.7 Å². The van der Waals surface area contributed by atoms with Crippen LogP contribution in [0.25, 0.3) is 5.76 Å². The van der Waals surface area contributed by atoms with Crippen molar-refractivity contribution in [2.24, 2.45) is 0 Å². The molecule has 1 saturated heterocycles. The smallest absolute Gasteiger partial charge is 0.300 e. The van der Waals surface area contributed by atoms with Crippen LogP contribution in [-0.2, 0) is 9.59 Å². The molecular formula is C23H19NO5. The molecule has 6 heteroatoms. The Kier molecular flexibility index (Phi) is 4.68. The number of nitrogens with zero attached hydrogens (tertiary/aromatic N) is 1. The molecule has 0 saturated carbocycles. The standard InChI is InChI=1S/C23H19NO5/c1-14-8-3-5-10-16(14)24-20(18-12-7-13-29-18)19(22(26)23(24)27)21(25)15-9-4-6-11-17(15)28-2/h3-13,20,25H,1-2H3/b21-19-. The van der Waals surface area contributed by atoms with Crippen LogP contribution in [0.1, 0.15) is 22.9 Å². The predicted octanol–water partition coefficient (Wildman–Crippen LogP) is 4.22. The number of ketones is 1. The first-order valence-electron chi connectivity index (χ1n) is 9.08. The van der Waals surface area contributed by atoms with E-state index in [2.05, 4.69) is 0 Å². The van der Waals surface area contributed by atoms with E-state index in [1.165, 1.54) is 18.3 Å². The van der Waals surface area contributed by atoms with E-state index in [4.69, 9.17) is 9.15 Å². The van der Waals surface area contributed by atoms with Gasteiger partial charge in [0.1, 0.15) is 23.3 Å². The first-order valence-corrected chi connectivity index (χ1v) is 9.08. The predicted molar refractivity (Wildman–Crippen MR) is 108 cm³/mol. The summed E-state index contributed by atoms with van der Waals surface area (Å²) in [5.74, 6) is -1.04. The number of Topliss-reactive ketones (excluding diaryl/α,β-unsaturated/α-hetero) is 1. The molecule has 0 aliphatic carbocycles. The summed E-state index contributed by atoms with van der Waals surface area (Å²) in [5, 5.41) is 11.1. The van der Waals surface area contributed by atoms with Gasteiger partial charge in [0.2, 0.25) is 0 Å². The fraction of sp³-hybridized carbons (Fsp3) is 0.130. The number of amides is 1. The Morgan fingerprint density at radius 3 is 2.45 bits per heavy atom. The normalized spacial score (nSPS) is 18.3. The van der Waals surface area contributed by atoms with Gasteiger partial charge in [0, 0.05) is 5.69 Å². The van der Waals surface area contributed by atoms with E-state index >= 15 is 0 Å². The lowest BCUT2D eigenvalue weighted by molar-refractivity contribution is -0.132. The number of ether oxygens (including phenoxy) is 1. The number of aliphatic hydroxyl groups excluding tert-OH is 1. The zero-order valence-electron chi connectivity index (χ0n) is 16.0. The van der Waals surface area contributed by atoms with E-state index in [1.54, 1.807) is 48.5 Å². The second-order valence-electron chi connectivity index (χ2n) is 6.67. The molecular weight excluding hydrogens is 370 g/mol. The second kappa shape index (κ2) is 7.31. The molecule has 3 aromatic rings. The third-order valence-electron chi connectivity index (χ3n) is 4.99. The van der Waals surface area contributed by atoms with Crippen LogP contribution in [0.3, 0.4) is 0 Å². The number of hydrogen-bond donors (Lipinski definition) is 1. The summed E-state index contributed by atoms with van der Waals surface area (Å²) < 4.78 is 10.9. The van der Waals surface area contributed by atoms with Gasteiger partial charge in [-0.1, -0.05) is 30.3 Å². The van der Waals surface area contributed by atoms with E-state index in [9.17, 15) is 14.7 Å². The minimum atomic E-state index is -0.893. The molecule has 1 amide bonds. The number of carbonyl (C=O) groups excluding carboxylic acids is 2. The summed E-state index contributed by atoms with van der Waals surface area (Å²) in [5.41, 5.74) is 1.69. The summed E-state index contributed by atoms with van der Waals surface area (Å²) in [4.78, 5) is 27.4. The van der Waals surface area contributed by atoms with Gasteiger partial charge in [0.05, 0.1) is 24.5 Å². The van der Waals surface area contributed by atoms with E-state index in [-0.39, 0.29) is 11.3 Å². The highest BCUT2D eigenvalue weighted by molar-refractivity contribution is 6.51. The Hall–Kier alpha value is -3.80. The largest absolute Gasteiger partial charge is 0.507 e. The van der Waals surface area contributed by atoms with Crippen molar-refractivity contribution in [3.05, 3.63) is 89.4 Å². The van der Waals surface area contributed by atoms with Gasteiger partial charge in [-0.15, -0.1) is 0 Å². The van der Waals surface area contributed by atoms with E-state index in [1.807, 2.05) is 19.1 Å². The highest BCUT2D eigenvalue weighted by Crippen LogP contribution is 2.44. The highest BCUT2D eigenvalue weighted by Gasteiger charge is 2.48. The average molecular weight is 389 g/mol. The van der Waals surface area contributed by atoms with Gasteiger partial charge in [-0.2, -0.15) is 0 Å². The maximum absolute atomic E-state index is 13.0. The molecule has 2 heterocycles. The molecule has 1 aromatic heterocycles. The number of para-hydroxylation sites is 2. The molecule has 0 bridgehead atoms. The van der Waals surface area contributed by atoms with Crippen molar-refractivity contribution in [1.29, 1.82) is 0 Å². The van der Waals surface area contributed by atoms with Gasteiger partial charge >= 0.3 is 0 Å². The molecule has 6 nitrogen and oxygen atoms in total. The molecule has 1 fully saturated rings.